The average Bonchev–Trinajstić information content (AvgIpc) is 3.14. The van der Waals surface area contributed by atoms with Crippen LogP contribution in [0.2, 0.25) is 0 Å². The van der Waals surface area contributed by atoms with Gasteiger partial charge in [-0.2, -0.15) is 4.68 Å². The van der Waals surface area contributed by atoms with Crippen molar-refractivity contribution in [3.63, 3.8) is 0 Å². The smallest absolute Gasteiger partial charge is 0.243 e. The quantitative estimate of drug-likeness (QED) is 0.577. The Balaban J connectivity index is 1.88. The summed E-state index contributed by atoms with van der Waals surface area (Å²) in [6, 6.07) is 5.99. The molecular formula is C21H29FN6O2. The van der Waals surface area contributed by atoms with Gasteiger partial charge in [0.1, 0.15) is 5.82 Å². The van der Waals surface area contributed by atoms with E-state index in [0.717, 1.165) is 19.4 Å². The van der Waals surface area contributed by atoms with Crippen LogP contribution in [0.3, 0.4) is 0 Å². The number of halogens is 1. The number of hydrogen-bond donors (Lipinski definition) is 2. The van der Waals surface area contributed by atoms with Crippen LogP contribution in [-0.4, -0.2) is 50.9 Å². The van der Waals surface area contributed by atoms with E-state index in [-0.39, 0.29) is 17.8 Å². The Morgan fingerprint density at radius 3 is 2.67 bits per heavy atom. The molecular weight excluding hydrogens is 387 g/mol. The zero-order valence-corrected chi connectivity index (χ0v) is 17.7. The third kappa shape index (κ3) is 5.28. The molecule has 162 valence electrons. The molecule has 2 N–H and O–H groups in total. The molecule has 9 heteroatoms. The Labute approximate surface area is 175 Å². The molecule has 1 aromatic heterocycles. The molecule has 0 radical (unpaired) electrons. The number of hydrogen-bond acceptors (Lipinski definition) is 6. The monoisotopic (exact) mass is 416 g/mol. The van der Waals surface area contributed by atoms with E-state index >= 15 is 0 Å². The second-order valence-corrected chi connectivity index (χ2v) is 8.47. The summed E-state index contributed by atoms with van der Waals surface area (Å²) in [5.41, 5.74) is -0.598. The molecule has 1 aliphatic rings. The van der Waals surface area contributed by atoms with Gasteiger partial charge in [-0.05, 0) is 87.3 Å². The molecule has 1 aromatic carbocycles. The fourth-order valence-corrected chi connectivity index (χ4v) is 3.84. The summed E-state index contributed by atoms with van der Waals surface area (Å²) in [7, 11) is 0. The van der Waals surface area contributed by atoms with Crippen molar-refractivity contribution in [2.75, 3.05) is 13.2 Å². The van der Waals surface area contributed by atoms with Crippen LogP contribution >= 0.6 is 0 Å². The van der Waals surface area contributed by atoms with Gasteiger partial charge in [0.05, 0.1) is 17.3 Å². The molecule has 2 heterocycles. The zero-order chi connectivity index (χ0) is 21.8. The Morgan fingerprint density at radius 1 is 1.37 bits per heavy atom. The Morgan fingerprint density at radius 2 is 2.07 bits per heavy atom. The molecule has 1 aliphatic heterocycles. The van der Waals surface area contributed by atoms with Gasteiger partial charge in [-0.1, -0.05) is 6.58 Å². The lowest BCUT2D eigenvalue weighted by Crippen LogP contribution is -2.53. The van der Waals surface area contributed by atoms with Crippen LogP contribution in [0.15, 0.2) is 36.9 Å². The summed E-state index contributed by atoms with van der Waals surface area (Å²) >= 11 is 0. The Kier molecular flexibility index (Phi) is 6.62. The number of rotatable bonds is 10. The molecule has 1 amide bonds. The standard InChI is InChI=1S/C21H29FN6O2/c1-5-18(29)24-20(2,3)14-21(4,23-12-10-17-11-13-30-17)19-25-26-27-28(19)16-8-6-15(22)7-9-16/h5-9,17,23H,1,10-14H2,2-4H3,(H,24,29). The van der Waals surface area contributed by atoms with Crippen LogP contribution in [0.25, 0.3) is 5.69 Å². The topological polar surface area (TPSA) is 94.0 Å². The first-order valence-corrected chi connectivity index (χ1v) is 10.1. The van der Waals surface area contributed by atoms with Crippen LogP contribution in [0, 0.1) is 5.82 Å². The van der Waals surface area contributed by atoms with E-state index < -0.39 is 11.1 Å². The second kappa shape index (κ2) is 9.01. The summed E-state index contributed by atoms with van der Waals surface area (Å²) < 4.78 is 20.5. The summed E-state index contributed by atoms with van der Waals surface area (Å²) in [5.74, 6) is -0.00376. The van der Waals surface area contributed by atoms with Crippen molar-refractivity contribution >= 4 is 5.91 Å². The molecule has 0 aliphatic carbocycles. The normalized spacial score (nSPS) is 18.3. The third-order valence-corrected chi connectivity index (χ3v) is 5.25. The maximum Gasteiger partial charge on any atom is 0.243 e. The number of amides is 1. The van der Waals surface area contributed by atoms with E-state index in [9.17, 15) is 9.18 Å². The highest BCUT2D eigenvalue weighted by atomic mass is 19.1. The van der Waals surface area contributed by atoms with E-state index in [1.807, 2.05) is 20.8 Å². The molecule has 0 bridgehead atoms. The number of tetrazole rings is 1. The highest BCUT2D eigenvalue weighted by Crippen LogP contribution is 2.30. The van der Waals surface area contributed by atoms with Gasteiger partial charge < -0.3 is 15.4 Å². The average molecular weight is 417 g/mol. The first-order chi connectivity index (χ1) is 14.2. The van der Waals surface area contributed by atoms with Crippen LogP contribution in [0.4, 0.5) is 4.39 Å². The maximum atomic E-state index is 13.4. The molecule has 1 fully saturated rings. The van der Waals surface area contributed by atoms with E-state index in [2.05, 4.69) is 32.7 Å². The van der Waals surface area contributed by atoms with Gasteiger partial charge in [0.2, 0.25) is 5.91 Å². The Hall–Kier alpha value is -2.65. The molecule has 3 rings (SSSR count). The second-order valence-electron chi connectivity index (χ2n) is 8.47. The number of nitrogens with zero attached hydrogens (tertiary/aromatic N) is 4. The van der Waals surface area contributed by atoms with Crippen molar-refractivity contribution in [1.29, 1.82) is 0 Å². The largest absolute Gasteiger partial charge is 0.378 e. The SMILES string of the molecule is C=CC(=O)NC(C)(C)CC(C)(NCCC1CCO1)c1nnnn1-c1ccc(F)cc1. The molecule has 2 atom stereocenters. The van der Waals surface area contributed by atoms with Crippen molar-refractivity contribution in [3.8, 4) is 5.69 Å². The van der Waals surface area contributed by atoms with Crippen molar-refractivity contribution in [2.45, 2.75) is 57.2 Å². The summed E-state index contributed by atoms with van der Waals surface area (Å²) in [5, 5.41) is 18.8. The zero-order valence-electron chi connectivity index (χ0n) is 17.7. The molecule has 8 nitrogen and oxygen atoms in total. The van der Waals surface area contributed by atoms with E-state index in [0.29, 0.717) is 24.5 Å². The lowest BCUT2D eigenvalue weighted by molar-refractivity contribution is -0.118. The minimum Gasteiger partial charge on any atom is -0.378 e. The van der Waals surface area contributed by atoms with Gasteiger partial charge in [0.15, 0.2) is 5.82 Å². The van der Waals surface area contributed by atoms with E-state index in [4.69, 9.17) is 4.74 Å². The third-order valence-electron chi connectivity index (χ3n) is 5.25. The lowest BCUT2D eigenvalue weighted by Gasteiger charge is -2.38. The summed E-state index contributed by atoms with van der Waals surface area (Å²) in [6.07, 6.45) is 3.96. The van der Waals surface area contributed by atoms with Gasteiger partial charge in [0.25, 0.3) is 0 Å². The maximum absolute atomic E-state index is 13.4. The lowest BCUT2D eigenvalue weighted by atomic mass is 9.84. The molecule has 1 saturated heterocycles. The minimum atomic E-state index is -0.681. The Bertz CT molecular complexity index is 878. The van der Waals surface area contributed by atoms with Crippen molar-refractivity contribution in [1.82, 2.24) is 30.8 Å². The van der Waals surface area contributed by atoms with Crippen LogP contribution < -0.4 is 10.6 Å². The number of benzene rings is 1. The molecule has 2 aromatic rings. The highest BCUT2D eigenvalue weighted by molar-refractivity contribution is 5.87. The predicted octanol–water partition coefficient (Wildman–Crippen LogP) is 2.26. The highest BCUT2D eigenvalue weighted by Gasteiger charge is 2.39. The van der Waals surface area contributed by atoms with Crippen LogP contribution in [0.1, 0.15) is 45.9 Å². The molecule has 0 spiro atoms. The molecule has 0 saturated carbocycles. The fraction of sp³-hybridized carbons (Fsp3) is 0.524. The van der Waals surface area contributed by atoms with Crippen molar-refractivity contribution < 1.29 is 13.9 Å². The first kappa shape index (κ1) is 22.0. The van der Waals surface area contributed by atoms with Gasteiger partial charge in [-0.15, -0.1) is 5.10 Å². The van der Waals surface area contributed by atoms with Gasteiger partial charge >= 0.3 is 0 Å². The number of carbonyl (C=O) groups is 1. The minimum absolute atomic E-state index is 0.247. The number of ether oxygens (including phenoxy) is 1. The van der Waals surface area contributed by atoms with E-state index in [1.165, 1.54) is 18.2 Å². The predicted molar refractivity (Wildman–Crippen MR) is 110 cm³/mol. The van der Waals surface area contributed by atoms with Crippen LogP contribution in [0.5, 0.6) is 0 Å². The first-order valence-electron chi connectivity index (χ1n) is 10.1. The van der Waals surface area contributed by atoms with E-state index in [1.54, 1.807) is 16.8 Å². The number of aromatic nitrogens is 4. The summed E-state index contributed by atoms with van der Waals surface area (Å²) in [4.78, 5) is 11.9. The van der Waals surface area contributed by atoms with Crippen molar-refractivity contribution in [2.24, 2.45) is 0 Å². The fourth-order valence-electron chi connectivity index (χ4n) is 3.84. The number of carbonyl (C=O) groups excluding carboxylic acids is 1. The van der Waals surface area contributed by atoms with Crippen molar-refractivity contribution in [3.05, 3.63) is 48.6 Å². The molecule has 30 heavy (non-hydrogen) atoms. The number of nitrogens with one attached hydrogen (secondary N) is 2. The van der Waals surface area contributed by atoms with Crippen LogP contribution in [-0.2, 0) is 15.1 Å². The van der Waals surface area contributed by atoms with Gasteiger partial charge in [0, 0.05) is 12.1 Å². The van der Waals surface area contributed by atoms with Gasteiger partial charge in [-0.25, -0.2) is 4.39 Å². The molecule has 2 unspecified atom stereocenters. The summed E-state index contributed by atoms with van der Waals surface area (Å²) in [6.45, 7) is 10.9. The van der Waals surface area contributed by atoms with Gasteiger partial charge in [-0.3, -0.25) is 4.79 Å².